The van der Waals surface area contributed by atoms with Crippen LogP contribution < -0.4 is 26.3 Å². The van der Waals surface area contributed by atoms with Crippen molar-refractivity contribution in [1.82, 2.24) is 46.0 Å². The second kappa shape index (κ2) is 25.1. The predicted molar refractivity (Wildman–Crippen MR) is 274 cm³/mol. The maximum atomic E-state index is 16.1. The van der Waals surface area contributed by atoms with Gasteiger partial charge < -0.3 is 40.2 Å². The number of hydrazine groups is 1. The van der Waals surface area contributed by atoms with Crippen LogP contribution in [0.5, 0.6) is 0 Å². The van der Waals surface area contributed by atoms with Crippen LogP contribution in [0.3, 0.4) is 0 Å². The number of halogens is 10. The molecule has 3 saturated heterocycles. The molecule has 3 fully saturated rings. The lowest BCUT2D eigenvalue weighted by Gasteiger charge is -2.48. The standard InChI is InChI=1S/C54H62F10N10O8/c1-29-32(14-17-43(65-29)71-23-34-15-16-35(24-71)74(34)36-27-82-28-36)13-12-30-8-10-31(11-9-30)20-41(66-46(76)44(67-49(78)80-6)51(2,3)53(59,60)61)42(75)26-72(70-47(77)45(68-50(79)81-7)52(4,5)54(62,63)64)25-37-38(55)21-33(22-39(37)56)40-18-19-73(69-40)48(57)58/h8-11,14,17-19,21-22,34-36,41-42,44-45,48,75H,15-16,20,23-28H2,1-7H3,(H,66,76)(H,67,78)(H,68,79)(H,70,77)/t34?,35?,41-,42-,44?,45+/m0/s1. The summed E-state index contributed by atoms with van der Waals surface area (Å²) in [5.74, 6) is 0.911. The van der Waals surface area contributed by atoms with E-state index >= 15 is 8.78 Å². The Morgan fingerprint density at radius 1 is 0.793 bits per heavy atom. The monoisotopic (exact) mass is 1170 g/mol. The van der Waals surface area contributed by atoms with Gasteiger partial charge in [0.05, 0.1) is 67.8 Å². The number of anilines is 1. The Balaban J connectivity index is 1.19. The van der Waals surface area contributed by atoms with Gasteiger partial charge in [0.2, 0.25) is 5.91 Å². The molecule has 6 atom stereocenters. The van der Waals surface area contributed by atoms with Crippen LogP contribution in [0, 0.1) is 41.2 Å². The SMILES string of the molecule is COC(=O)NC(C(=O)N[C@@H](Cc1ccc(C#Cc2ccc(N3CC4CCC(C3)N4C3COC3)nc2C)cc1)[C@@H](O)CN(Cc1c(F)cc(-c2ccn(C(F)F)n2)cc1F)NC(=O)[C@@H](NC(=O)OC)C(C)(C)C(F)(F)F)C(C)(C)C(F)(F)F. The number of benzene rings is 2. The summed E-state index contributed by atoms with van der Waals surface area (Å²) in [6.07, 6.45) is -13.0. The van der Waals surface area contributed by atoms with Crippen LogP contribution in [0.15, 0.2) is 60.8 Å². The number of carbonyl (C=O) groups excluding carboxylic acids is 4. The van der Waals surface area contributed by atoms with E-state index in [0.29, 0.717) is 79.8 Å². The Morgan fingerprint density at radius 3 is 1.84 bits per heavy atom. The number of methoxy groups -OCH3 is 2. The van der Waals surface area contributed by atoms with E-state index in [1.807, 2.05) is 29.8 Å². The zero-order valence-electron chi connectivity index (χ0n) is 45.5. The van der Waals surface area contributed by atoms with Crippen LogP contribution in [0.25, 0.3) is 11.3 Å². The molecule has 2 aromatic carbocycles. The number of aryl methyl sites for hydroxylation is 1. The lowest BCUT2D eigenvalue weighted by atomic mass is 9.82. The van der Waals surface area contributed by atoms with Crippen LogP contribution in [0.2, 0.25) is 0 Å². The highest BCUT2D eigenvalue weighted by molar-refractivity contribution is 5.87. The molecule has 0 aliphatic carbocycles. The molecule has 3 unspecified atom stereocenters. The third-order valence-electron chi connectivity index (χ3n) is 15.1. The van der Waals surface area contributed by atoms with Gasteiger partial charge in [-0.25, -0.2) is 33.0 Å². The highest BCUT2D eigenvalue weighted by Crippen LogP contribution is 2.42. The lowest BCUT2D eigenvalue weighted by Crippen LogP contribution is -2.63. The van der Waals surface area contributed by atoms with Gasteiger partial charge in [0, 0.05) is 66.7 Å². The number of fused-ring (bicyclic) bond motifs is 2. The first-order valence-electron chi connectivity index (χ1n) is 25.8. The first-order chi connectivity index (χ1) is 38.4. The molecular weight excluding hydrogens is 1110 g/mol. The Hall–Kier alpha value is -7.22. The molecule has 3 aliphatic heterocycles. The van der Waals surface area contributed by atoms with E-state index in [1.165, 1.54) is 12.1 Å². The molecule has 0 radical (unpaired) electrons. The highest BCUT2D eigenvalue weighted by atomic mass is 19.4. The first kappa shape index (κ1) is 62.4. The van der Waals surface area contributed by atoms with Gasteiger partial charge in [-0.3, -0.25) is 19.9 Å². The second-order valence-electron chi connectivity index (χ2n) is 21.4. The summed E-state index contributed by atoms with van der Waals surface area (Å²) in [5.41, 5.74) is -3.68. The number of aromatic nitrogens is 3. The number of nitrogens with one attached hydrogen (secondary N) is 4. The molecule has 2 aromatic heterocycles. The molecule has 446 valence electrons. The Kier molecular flexibility index (Phi) is 19.1. The van der Waals surface area contributed by atoms with E-state index in [4.69, 9.17) is 9.72 Å². The summed E-state index contributed by atoms with van der Waals surface area (Å²) < 4.78 is 161. The van der Waals surface area contributed by atoms with Crippen molar-refractivity contribution in [1.29, 1.82) is 0 Å². The Labute approximate surface area is 465 Å². The number of rotatable bonds is 19. The molecule has 4 amide bonds. The van der Waals surface area contributed by atoms with Crippen molar-refractivity contribution in [2.75, 3.05) is 52.0 Å². The molecule has 5 N–H and O–H groups in total. The number of hydrogen-bond acceptors (Lipinski definition) is 13. The van der Waals surface area contributed by atoms with Gasteiger partial charge in [-0.1, -0.05) is 24.0 Å². The van der Waals surface area contributed by atoms with Crippen LogP contribution in [-0.2, 0) is 36.8 Å². The van der Waals surface area contributed by atoms with Crippen LogP contribution in [0.4, 0.5) is 59.3 Å². The van der Waals surface area contributed by atoms with Gasteiger partial charge in [-0.15, -0.1) is 0 Å². The number of aliphatic hydroxyl groups excluding tert-OH is 1. The molecule has 2 bridgehead atoms. The van der Waals surface area contributed by atoms with Gasteiger partial charge >= 0.3 is 31.1 Å². The number of nitrogens with zero attached hydrogens (tertiary/aromatic N) is 6. The van der Waals surface area contributed by atoms with Crippen LogP contribution in [-0.4, -0.2) is 156 Å². The largest absolute Gasteiger partial charge is 0.453 e. The van der Waals surface area contributed by atoms with E-state index in [-0.39, 0.29) is 21.5 Å². The summed E-state index contributed by atoms with van der Waals surface area (Å²) in [6, 6.07) is 6.70. The van der Waals surface area contributed by atoms with Crippen LogP contribution >= 0.6 is 0 Å². The van der Waals surface area contributed by atoms with E-state index in [0.717, 1.165) is 71.4 Å². The molecule has 18 nitrogen and oxygen atoms in total. The number of hydrogen-bond donors (Lipinski definition) is 5. The van der Waals surface area contributed by atoms with Crippen molar-refractivity contribution >= 4 is 29.8 Å². The number of aliphatic hydroxyl groups is 1. The van der Waals surface area contributed by atoms with Gasteiger partial charge in [0.25, 0.3) is 5.91 Å². The third-order valence-corrected chi connectivity index (χ3v) is 15.1. The van der Waals surface area contributed by atoms with Crippen molar-refractivity contribution < 1.29 is 82.4 Å². The fourth-order valence-electron chi connectivity index (χ4n) is 9.88. The fraction of sp³-hybridized carbons (Fsp3) is 0.519. The molecular formula is C54H62F10N10O8. The van der Waals surface area contributed by atoms with Gasteiger partial charge in [0.15, 0.2) is 0 Å². The Bertz CT molecular complexity index is 2980. The summed E-state index contributed by atoms with van der Waals surface area (Å²) in [6.45, 7) is 1.88. The van der Waals surface area contributed by atoms with Gasteiger partial charge in [0.1, 0.15) is 29.5 Å². The van der Waals surface area contributed by atoms with Crippen LogP contribution in [0.1, 0.15) is 75.0 Å². The molecule has 3 aliphatic rings. The fourth-order valence-corrected chi connectivity index (χ4v) is 9.88. The first-order valence-corrected chi connectivity index (χ1v) is 25.8. The van der Waals surface area contributed by atoms with Crippen molar-refractivity contribution in [3.63, 3.8) is 0 Å². The zero-order valence-corrected chi connectivity index (χ0v) is 45.5. The number of carbonyl (C=O) groups is 4. The quantitative estimate of drug-likeness (QED) is 0.0368. The van der Waals surface area contributed by atoms with E-state index < -0.39 is 115 Å². The number of amides is 4. The highest BCUT2D eigenvalue weighted by Gasteiger charge is 2.57. The minimum Gasteiger partial charge on any atom is -0.453 e. The Morgan fingerprint density at radius 2 is 1.35 bits per heavy atom. The number of alkyl halides is 8. The average Bonchev–Trinajstić information content (AvgIpc) is 4.15. The summed E-state index contributed by atoms with van der Waals surface area (Å²) in [4.78, 5) is 62.7. The molecule has 5 heterocycles. The molecule has 82 heavy (non-hydrogen) atoms. The summed E-state index contributed by atoms with van der Waals surface area (Å²) in [7, 11) is 1.61. The molecule has 4 aromatic rings. The zero-order chi connectivity index (χ0) is 60.2. The summed E-state index contributed by atoms with van der Waals surface area (Å²) >= 11 is 0. The molecule has 28 heteroatoms. The second-order valence-corrected chi connectivity index (χ2v) is 21.4. The minimum absolute atomic E-state index is 0.200. The number of pyridine rings is 1. The van der Waals surface area contributed by atoms with Crippen molar-refractivity contribution in [3.05, 3.63) is 100 Å². The number of alkyl carbamates (subject to hydrolysis) is 2. The number of ether oxygens (including phenoxy) is 3. The van der Waals surface area contributed by atoms with Gasteiger partial charge in [-0.2, -0.15) is 40.2 Å². The number of piperazine rings is 1. The normalized spacial score (nSPS) is 18.4. The third kappa shape index (κ3) is 14.2. The lowest BCUT2D eigenvalue weighted by molar-refractivity contribution is -0.221. The average molecular weight is 1170 g/mol. The van der Waals surface area contributed by atoms with Crippen molar-refractivity contribution in [3.8, 4) is 23.1 Å². The molecule has 0 spiro atoms. The van der Waals surface area contributed by atoms with E-state index in [1.54, 1.807) is 17.4 Å². The van der Waals surface area contributed by atoms with Gasteiger partial charge in [-0.05, 0) is 102 Å². The summed E-state index contributed by atoms with van der Waals surface area (Å²) in [5, 5.41) is 22.1. The molecule has 7 rings (SSSR count). The van der Waals surface area contributed by atoms with Crippen molar-refractivity contribution in [2.24, 2.45) is 10.8 Å². The van der Waals surface area contributed by atoms with E-state index in [9.17, 15) is 59.4 Å². The maximum absolute atomic E-state index is 16.1. The minimum atomic E-state index is -5.23. The predicted octanol–water partition coefficient (Wildman–Crippen LogP) is 6.93. The maximum Gasteiger partial charge on any atom is 0.407 e. The molecule has 0 saturated carbocycles. The smallest absolute Gasteiger partial charge is 0.407 e. The topological polar surface area (TPSA) is 205 Å². The van der Waals surface area contributed by atoms with E-state index in [2.05, 4.69) is 41.5 Å². The van der Waals surface area contributed by atoms with Crippen molar-refractivity contribution in [2.45, 2.75) is 122 Å².